The summed E-state index contributed by atoms with van der Waals surface area (Å²) in [5, 5.41) is 7.43. The summed E-state index contributed by atoms with van der Waals surface area (Å²) in [5.41, 5.74) is 0. The van der Waals surface area contributed by atoms with Crippen LogP contribution in [0, 0.1) is 5.92 Å². The van der Waals surface area contributed by atoms with Gasteiger partial charge in [-0.25, -0.2) is 18.4 Å². The second-order valence-electron chi connectivity index (χ2n) is 5.42. The normalized spacial score (nSPS) is 20.1. The summed E-state index contributed by atoms with van der Waals surface area (Å²) in [6.45, 7) is 6.08. The number of aromatic nitrogens is 1. The molecule has 0 radical (unpaired) electrons. The van der Waals surface area contributed by atoms with Crippen molar-refractivity contribution in [2.45, 2.75) is 33.2 Å². The maximum atomic E-state index is 11.5. The van der Waals surface area contributed by atoms with Crippen LogP contribution in [0.3, 0.4) is 0 Å². The van der Waals surface area contributed by atoms with E-state index >= 15 is 0 Å². The molecule has 1 aromatic rings. The van der Waals surface area contributed by atoms with Gasteiger partial charge in [0, 0.05) is 24.2 Å². The van der Waals surface area contributed by atoms with Gasteiger partial charge in [0.15, 0.2) is 15.8 Å². The predicted molar refractivity (Wildman–Crippen MR) is 106 cm³/mol. The van der Waals surface area contributed by atoms with E-state index in [0.29, 0.717) is 18.8 Å². The minimum Gasteiger partial charge on any atom is -0.357 e. The molecule has 0 saturated carbocycles. The first-order valence-corrected chi connectivity index (χ1v) is 10.3. The molecular weight excluding hydrogens is 447 g/mol. The van der Waals surface area contributed by atoms with Crippen LogP contribution in [0.1, 0.15) is 30.2 Å². The second-order valence-corrected chi connectivity index (χ2v) is 8.85. The van der Waals surface area contributed by atoms with E-state index in [1.807, 2.05) is 13.1 Å². The number of nitrogens with zero attached hydrogens (tertiary/aromatic N) is 2. The quantitative estimate of drug-likeness (QED) is 0.375. The van der Waals surface area contributed by atoms with E-state index < -0.39 is 9.84 Å². The number of sulfone groups is 1. The Kier molecular flexibility index (Phi) is 8.76. The van der Waals surface area contributed by atoms with Gasteiger partial charge < -0.3 is 10.6 Å². The SMILES string of the molecule is CCNC(=NCc1ncc(CC)s1)NCC1CCS(=O)(=O)C1.I. The number of aryl methyl sites for hydroxylation is 1. The first kappa shape index (κ1) is 20.6. The van der Waals surface area contributed by atoms with Crippen molar-refractivity contribution in [1.82, 2.24) is 15.6 Å². The van der Waals surface area contributed by atoms with Gasteiger partial charge in [-0.2, -0.15) is 0 Å². The summed E-state index contributed by atoms with van der Waals surface area (Å²) >= 11 is 1.68. The average molecular weight is 472 g/mol. The highest BCUT2D eigenvalue weighted by atomic mass is 127. The molecule has 1 atom stereocenters. The van der Waals surface area contributed by atoms with Gasteiger partial charge in [0.2, 0.25) is 0 Å². The van der Waals surface area contributed by atoms with Crippen molar-refractivity contribution in [3.8, 4) is 0 Å². The van der Waals surface area contributed by atoms with Crippen LogP contribution in [-0.2, 0) is 22.8 Å². The van der Waals surface area contributed by atoms with E-state index in [-0.39, 0.29) is 35.6 Å². The van der Waals surface area contributed by atoms with Gasteiger partial charge in [0.25, 0.3) is 0 Å². The van der Waals surface area contributed by atoms with E-state index in [9.17, 15) is 8.42 Å². The molecule has 9 heteroatoms. The van der Waals surface area contributed by atoms with E-state index in [1.54, 1.807) is 11.3 Å². The van der Waals surface area contributed by atoms with Crippen LogP contribution in [0.4, 0.5) is 0 Å². The first-order valence-electron chi connectivity index (χ1n) is 7.68. The van der Waals surface area contributed by atoms with Crippen LogP contribution in [0.5, 0.6) is 0 Å². The van der Waals surface area contributed by atoms with Gasteiger partial charge in [-0.1, -0.05) is 6.92 Å². The number of hydrogen-bond donors (Lipinski definition) is 2. The van der Waals surface area contributed by atoms with Gasteiger partial charge in [-0.3, -0.25) is 0 Å². The van der Waals surface area contributed by atoms with Crippen molar-refractivity contribution in [3.05, 3.63) is 16.1 Å². The minimum absolute atomic E-state index is 0. The molecule has 1 saturated heterocycles. The van der Waals surface area contributed by atoms with Crippen molar-refractivity contribution in [2.75, 3.05) is 24.6 Å². The van der Waals surface area contributed by atoms with E-state index in [1.165, 1.54) is 4.88 Å². The monoisotopic (exact) mass is 472 g/mol. The molecule has 0 bridgehead atoms. The number of aliphatic imine (C=N–C) groups is 1. The summed E-state index contributed by atoms with van der Waals surface area (Å²) in [6, 6.07) is 0. The molecule has 1 fully saturated rings. The van der Waals surface area contributed by atoms with Crippen molar-refractivity contribution >= 4 is 51.1 Å². The topological polar surface area (TPSA) is 83.4 Å². The highest BCUT2D eigenvalue weighted by molar-refractivity contribution is 14.0. The Morgan fingerprint density at radius 1 is 1.43 bits per heavy atom. The lowest BCUT2D eigenvalue weighted by molar-refractivity contribution is 0.567. The highest BCUT2D eigenvalue weighted by Crippen LogP contribution is 2.17. The molecule has 0 aromatic carbocycles. The summed E-state index contributed by atoms with van der Waals surface area (Å²) < 4.78 is 22.9. The molecule has 0 amide bonds. The fourth-order valence-electron chi connectivity index (χ4n) is 2.35. The zero-order valence-corrected chi connectivity index (χ0v) is 17.5. The van der Waals surface area contributed by atoms with Gasteiger partial charge in [-0.15, -0.1) is 35.3 Å². The van der Waals surface area contributed by atoms with Crippen molar-refractivity contribution in [2.24, 2.45) is 10.9 Å². The zero-order valence-electron chi connectivity index (χ0n) is 13.5. The Hall–Kier alpha value is -0.420. The molecule has 132 valence electrons. The largest absolute Gasteiger partial charge is 0.357 e. The van der Waals surface area contributed by atoms with Crippen molar-refractivity contribution in [3.63, 3.8) is 0 Å². The molecule has 1 unspecified atom stereocenters. The maximum Gasteiger partial charge on any atom is 0.191 e. The van der Waals surface area contributed by atoms with Crippen LogP contribution < -0.4 is 10.6 Å². The van der Waals surface area contributed by atoms with Gasteiger partial charge in [0.05, 0.1) is 18.1 Å². The molecule has 1 aromatic heterocycles. The Morgan fingerprint density at radius 3 is 2.78 bits per heavy atom. The van der Waals surface area contributed by atoms with Gasteiger partial charge in [0.1, 0.15) is 5.01 Å². The zero-order chi connectivity index (χ0) is 16.0. The minimum atomic E-state index is -2.82. The number of hydrogen-bond acceptors (Lipinski definition) is 5. The van der Waals surface area contributed by atoms with Crippen LogP contribution >= 0.6 is 35.3 Å². The molecule has 2 rings (SSSR count). The lowest BCUT2D eigenvalue weighted by atomic mass is 10.1. The fraction of sp³-hybridized carbons (Fsp3) is 0.714. The molecule has 2 heterocycles. The third kappa shape index (κ3) is 6.92. The molecular formula is C14H25IN4O2S2. The van der Waals surface area contributed by atoms with Gasteiger partial charge >= 0.3 is 0 Å². The third-order valence-corrected chi connectivity index (χ3v) is 6.51. The van der Waals surface area contributed by atoms with Crippen molar-refractivity contribution in [1.29, 1.82) is 0 Å². The smallest absolute Gasteiger partial charge is 0.191 e. The van der Waals surface area contributed by atoms with Crippen LogP contribution in [-0.4, -0.2) is 44.0 Å². The highest BCUT2D eigenvalue weighted by Gasteiger charge is 2.27. The van der Waals surface area contributed by atoms with Crippen molar-refractivity contribution < 1.29 is 8.42 Å². The summed E-state index contributed by atoms with van der Waals surface area (Å²) in [6.07, 6.45) is 3.64. The first-order chi connectivity index (χ1) is 10.5. The fourth-order valence-corrected chi connectivity index (χ4v) is 5.00. The maximum absolute atomic E-state index is 11.5. The van der Waals surface area contributed by atoms with Gasteiger partial charge in [-0.05, 0) is 25.7 Å². The Balaban J connectivity index is 0.00000264. The lowest BCUT2D eigenvalue weighted by Crippen LogP contribution is -2.40. The number of nitrogens with one attached hydrogen (secondary N) is 2. The number of thiazole rings is 1. The molecule has 0 aliphatic carbocycles. The number of rotatable bonds is 6. The number of guanidine groups is 1. The third-order valence-electron chi connectivity index (χ3n) is 3.55. The number of halogens is 1. The Morgan fingerprint density at radius 2 is 2.22 bits per heavy atom. The van der Waals surface area contributed by atoms with Crippen LogP contribution in [0.25, 0.3) is 0 Å². The molecule has 6 nitrogen and oxygen atoms in total. The summed E-state index contributed by atoms with van der Waals surface area (Å²) in [5.74, 6) is 1.50. The van der Waals surface area contributed by atoms with Crippen LogP contribution in [0.15, 0.2) is 11.2 Å². The predicted octanol–water partition coefficient (Wildman–Crippen LogP) is 1.81. The van der Waals surface area contributed by atoms with E-state index in [0.717, 1.165) is 30.4 Å². The molecule has 0 spiro atoms. The second kappa shape index (κ2) is 9.77. The van der Waals surface area contributed by atoms with E-state index in [4.69, 9.17) is 0 Å². The molecule has 2 N–H and O–H groups in total. The Bertz CT molecular complexity index is 616. The summed E-state index contributed by atoms with van der Waals surface area (Å²) in [7, 11) is -2.82. The van der Waals surface area contributed by atoms with Crippen LogP contribution in [0.2, 0.25) is 0 Å². The average Bonchev–Trinajstić information content (AvgIpc) is 3.08. The molecule has 23 heavy (non-hydrogen) atoms. The lowest BCUT2D eigenvalue weighted by Gasteiger charge is -2.13. The molecule has 1 aliphatic rings. The van der Waals surface area contributed by atoms with E-state index in [2.05, 4.69) is 27.5 Å². The Labute approximate surface area is 159 Å². The standard InChI is InChI=1S/C14H24N4O2S2.HI/c1-3-12-8-16-13(21-12)9-18-14(15-4-2)17-7-11-5-6-22(19,20)10-11;/h8,11H,3-7,9-10H2,1-2H3,(H2,15,17,18);1H. The molecule has 1 aliphatic heterocycles. The summed E-state index contributed by atoms with van der Waals surface area (Å²) in [4.78, 5) is 10.1.